The summed E-state index contributed by atoms with van der Waals surface area (Å²) in [6.45, 7) is 11.1. The first kappa shape index (κ1) is 21.9. The van der Waals surface area contributed by atoms with Gasteiger partial charge >= 0.3 is 0 Å². The van der Waals surface area contributed by atoms with Gasteiger partial charge in [0.1, 0.15) is 12.4 Å². The molecule has 162 valence electrons. The second-order valence-electron chi connectivity index (χ2n) is 7.97. The van der Waals surface area contributed by atoms with Crippen LogP contribution in [0.3, 0.4) is 0 Å². The monoisotopic (exact) mass is 403 g/mol. The summed E-state index contributed by atoms with van der Waals surface area (Å²) in [5.41, 5.74) is 1.13. The number of morpholine rings is 1. The lowest BCUT2D eigenvalue weighted by molar-refractivity contribution is 0.0195. The van der Waals surface area contributed by atoms with Gasteiger partial charge in [-0.25, -0.2) is 4.99 Å². The number of rotatable bonds is 8. The second kappa shape index (κ2) is 11.4. The minimum atomic E-state index is 0.601. The molecule has 1 N–H and O–H groups in total. The van der Waals surface area contributed by atoms with Gasteiger partial charge in [0.2, 0.25) is 0 Å². The van der Waals surface area contributed by atoms with Gasteiger partial charge in [0.05, 0.1) is 19.8 Å². The average Bonchev–Trinajstić information content (AvgIpc) is 3.22. The van der Waals surface area contributed by atoms with E-state index in [4.69, 9.17) is 14.5 Å². The molecule has 7 heteroatoms. The Kier molecular flexibility index (Phi) is 8.58. The zero-order chi connectivity index (χ0) is 20.5. The van der Waals surface area contributed by atoms with Crippen molar-refractivity contribution < 1.29 is 9.47 Å². The topological polar surface area (TPSA) is 52.6 Å². The van der Waals surface area contributed by atoms with Gasteiger partial charge in [0.15, 0.2) is 5.96 Å². The summed E-state index contributed by atoms with van der Waals surface area (Å²) in [6.07, 6.45) is 1.19. The van der Waals surface area contributed by atoms with Crippen LogP contribution in [0, 0.1) is 0 Å². The number of nitrogens with zero attached hydrogens (tertiary/aromatic N) is 4. The molecule has 0 spiro atoms. The van der Waals surface area contributed by atoms with Crippen molar-refractivity contribution in [2.24, 2.45) is 4.99 Å². The van der Waals surface area contributed by atoms with E-state index in [9.17, 15) is 0 Å². The summed E-state index contributed by atoms with van der Waals surface area (Å²) in [5.74, 6) is 1.94. The molecule has 3 rings (SSSR count). The zero-order valence-electron chi connectivity index (χ0n) is 18.3. The van der Waals surface area contributed by atoms with Gasteiger partial charge in [-0.1, -0.05) is 18.2 Å². The number of nitrogens with one attached hydrogen (secondary N) is 1. The van der Waals surface area contributed by atoms with Crippen molar-refractivity contribution in [3.63, 3.8) is 0 Å². The third-order valence-corrected chi connectivity index (χ3v) is 5.53. The Morgan fingerprint density at radius 3 is 2.79 bits per heavy atom. The van der Waals surface area contributed by atoms with Crippen molar-refractivity contribution in [2.75, 3.05) is 73.2 Å². The van der Waals surface area contributed by atoms with Crippen LogP contribution in [0.1, 0.15) is 18.9 Å². The lowest BCUT2D eigenvalue weighted by Crippen LogP contribution is -2.46. The molecular weight excluding hydrogens is 366 g/mol. The van der Waals surface area contributed by atoms with Crippen LogP contribution in [-0.4, -0.2) is 99.9 Å². The predicted molar refractivity (Wildman–Crippen MR) is 118 cm³/mol. The van der Waals surface area contributed by atoms with Gasteiger partial charge in [0, 0.05) is 50.9 Å². The van der Waals surface area contributed by atoms with Crippen LogP contribution in [-0.2, 0) is 11.3 Å². The number of hydrogen-bond acceptors (Lipinski definition) is 5. The van der Waals surface area contributed by atoms with Crippen molar-refractivity contribution in [3.8, 4) is 5.75 Å². The number of likely N-dealkylation sites (N-methyl/N-ethyl adjacent to an activating group) is 1. The Morgan fingerprint density at radius 2 is 2.03 bits per heavy atom. The minimum Gasteiger partial charge on any atom is -0.492 e. The first-order chi connectivity index (χ1) is 14.2. The molecule has 2 fully saturated rings. The van der Waals surface area contributed by atoms with Crippen molar-refractivity contribution in [1.82, 2.24) is 20.0 Å². The van der Waals surface area contributed by atoms with Crippen LogP contribution in [0.25, 0.3) is 0 Å². The molecule has 2 saturated heterocycles. The first-order valence-corrected chi connectivity index (χ1v) is 10.9. The number of para-hydroxylation sites is 1. The fourth-order valence-electron chi connectivity index (χ4n) is 3.87. The molecule has 2 heterocycles. The highest BCUT2D eigenvalue weighted by molar-refractivity contribution is 5.80. The molecule has 1 aromatic rings. The van der Waals surface area contributed by atoms with Gasteiger partial charge < -0.3 is 24.6 Å². The maximum Gasteiger partial charge on any atom is 0.194 e. The molecule has 0 saturated carbocycles. The fraction of sp³-hybridized carbons (Fsp3) is 0.682. The van der Waals surface area contributed by atoms with Crippen molar-refractivity contribution in [2.45, 2.75) is 25.9 Å². The summed E-state index contributed by atoms with van der Waals surface area (Å²) in [5, 5.41) is 3.48. The highest BCUT2D eigenvalue weighted by atomic mass is 16.5. The van der Waals surface area contributed by atoms with Crippen LogP contribution in [0.5, 0.6) is 5.75 Å². The van der Waals surface area contributed by atoms with E-state index < -0.39 is 0 Å². The molecule has 1 aromatic carbocycles. The number of likely N-dealkylation sites (tertiary alicyclic amines) is 1. The third-order valence-electron chi connectivity index (χ3n) is 5.53. The Balaban J connectivity index is 1.61. The number of guanidine groups is 1. The van der Waals surface area contributed by atoms with Crippen molar-refractivity contribution in [3.05, 3.63) is 29.8 Å². The summed E-state index contributed by atoms with van der Waals surface area (Å²) in [4.78, 5) is 12.0. The van der Waals surface area contributed by atoms with Gasteiger partial charge in [-0.15, -0.1) is 0 Å². The number of benzene rings is 1. The van der Waals surface area contributed by atoms with Crippen molar-refractivity contribution in [1.29, 1.82) is 0 Å². The van der Waals surface area contributed by atoms with E-state index in [1.54, 1.807) is 0 Å². The third kappa shape index (κ3) is 6.59. The fourth-order valence-corrected chi connectivity index (χ4v) is 3.87. The molecule has 0 amide bonds. The second-order valence-corrected chi connectivity index (χ2v) is 7.97. The van der Waals surface area contributed by atoms with E-state index in [1.807, 2.05) is 12.1 Å². The van der Waals surface area contributed by atoms with E-state index in [-0.39, 0.29) is 0 Å². The lowest BCUT2D eigenvalue weighted by Gasteiger charge is -2.32. The maximum absolute atomic E-state index is 6.00. The normalized spacial score (nSPS) is 21.0. The number of hydrogen-bond donors (Lipinski definition) is 1. The van der Waals surface area contributed by atoms with Crippen LogP contribution in [0.2, 0.25) is 0 Å². The molecule has 0 bridgehead atoms. The van der Waals surface area contributed by atoms with Gasteiger partial charge in [-0.2, -0.15) is 0 Å². The van der Waals surface area contributed by atoms with Gasteiger partial charge in [-0.3, -0.25) is 4.90 Å². The maximum atomic E-state index is 6.00. The predicted octanol–water partition coefficient (Wildman–Crippen LogP) is 1.50. The van der Waals surface area contributed by atoms with Crippen LogP contribution in [0.15, 0.2) is 29.3 Å². The summed E-state index contributed by atoms with van der Waals surface area (Å²) in [6, 6.07) is 8.83. The molecule has 2 aliphatic heterocycles. The Bertz CT molecular complexity index is 646. The van der Waals surface area contributed by atoms with Crippen molar-refractivity contribution >= 4 is 5.96 Å². The van der Waals surface area contributed by atoms with Gasteiger partial charge in [0.25, 0.3) is 0 Å². The Morgan fingerprint density at radius 1 is 1.24 bits per heavy atom. The average molecular weight is 404 g/mol. The highest BCUT2D eigenvalue weighted by Crippen LogP contribution is 2.20. The smallest absolute Gasteiger partial charge is 0.194 e. The standard InChI is InChI=1S/C22H37N5O2/c1-4-23-22(27-10-9-20(18-27)26-12-14-28-15-13-26)24-17-19-7-5-6-8-21(19)29-16-11-25(2)3/h5-8,20H,4,9-18H2,1-3H3,(H,23,24). The SMILES string of the molecule is CCNC(=NCc1ccccc1OCCN(C)C)N1CCC(N2CCOCC2)C1. The molecule has 2 aliphatic rings. The van der Waals surface area contributed by atoms with Crippen LogP contribution < -0.4 is 10.1 Å². The van der Waals surface area contributed by atoms with E-state index in [0.717, 1.165) is 69.8 Å². The number of aliphatic imine (C=N–C) groups is 1. The number of ether oxygens (including phenoxy) is 2. The quantitative estimate of drug-likeness (QED) is 0.524. The molecule has 0 aromatic heterocycles. The molecule has 1 atom stereocenters. The van der Waals surface area contributed by atoms with E-state index in [1.165, 1.54) is 6.42 Å². The van der Waals surface area contributed by atoms with Crippen LogP contribution >= 0.6 is 0 Å². The molecule has 0 radical (unpaired) electrons. The van der Waals surface area contributed by atoms with E-state index in [2.05, 4.69) is 53.2 Å². The molecular formula is C22H37N5O2. The van der Waals surface area contributed by atoms with Crippen LogP contribution in [0.4, 0.5) is 0 Å². The highest BCUT2D eigenvalue weighted by Gasteiger charge is 2.30. The van der Waals surface area contributed by atoms with E-state index >= 15 is 0 Å². The summed E-state index contributed by atoms with van der Waals surface area (Å²) >= 11 is 0. The summed E-state index contributed by atoms with van der Waals surface area (Å²) in [7, 11) is 4.12. The molecule has 0 aliphatic carbocycles. The Labute approximate surface area is 175 Å². The van der Waals surface area contributed by atoms with Gasteiger partial charge in [-0.05, 0) is 33.5 Å². The Hall–Kier alpha value is -1.83. The summed E-state index contributed by atoms with van der Waals surface area (Å²) < 4.78 is 11.5. The molecule has 1 unspecified atom stereocenters. The molecule has 29 heavy (non-hydrogen) atoms. The first-order valence-electron chi connectivity index (χ1n) is 10.9. The van der Waals surface area contributed by atoms with E-state index in [0.29, 0.717) is 19.2 Å². The minimum absolute atomic E-state index is 0.601. The largest absolute Gasteiger partial charge is 0.492 e. The zero-order valence-corrected chi connectivity index (χ0v) is 18.3. The lowest BCUT2D eigenvalue weighted by atomic mass is 10.2. The molecule has 7 nitrogen and oxygen atoms in total.